The van der Waals surface area contributed by atoms with Gasteiger partial charge in [-0.15, -0.1) is 0 Å². The van der Waals surface area contributed by atoms with Crippen molar-refractivity contribution in [3.05, 3.63) is 11.6 Å². The molecule has 1 amide bonds. The summed E-state index contributed by atoms with van der Waals surface area (Å²) in [5, 5.41) is 15.4. The van der Waals surface area contributed by atoms with E-state index < -0.39 is 5.97 Å². The number of carbonyl (C=O) groups excluding carboxylic acids is 1. The topological polar surface area (TPSA) is 90.8 Å². The number of hydrazone groups is 1. The number of aliphatic carboxylic acids is 1. The molecule has 0 bridgehead atoms. The number of hydrogen-bond acceptors (Lipinski definition) is 4. The Morgan fingerprint density at radius 1 is 1.29 bits per heavy atom. The largest absolute Gasteiger partial charge is 0.478 e. The molecule has 0 aromatic heterocycles. The Bertz CT molecular complexity index is 335. The van der Waals surface area contributed by atoms with Gasteiger partial charge in [-0.1, -0.05) is 0 Å². The van der Waals surface area contributed by atoms with Crippen LogP contribution in [0.3, 0.4) is 0 Å². The fraction of sp³-hybridized carbons (Fsp3) is 0.545. The molecule has 0 aliphatic carbocycles. The van der Waals surface area contributed by atoms with Gasteiger partial charge in [-0.3, -0.25) is 4.79 Å². The minimum absolute atomic E-state index is 0.221. The molecule has 0 saturated carbocycles. The highest BCUT2D eigenvalue weighted by Crippen LogP contribution is 2.05. The number of carboxylic acids is 1. The maximum Gasteiger partial charge on any atom is 0.328 e. The van der Waals surface area contributed by atoms with Gasteiger partial charge in [0, 0.05) is 25.3 Å². The fourth-order valence-corrected chi connectivity index (χ4v) is 1.18. The van der Waals surface area contributed by atoms with Gasteiger partial charge in [-0.25, -0.2) is 10.2 Å². The van der Waals surface area contributed by atoms with Crippen molar-refractivity contribution in [3.8, 4) is 0 Å². The van der Waals surface area contributed by atoms with Gasteiger partial charge >= 0.3 is 5.97 Å². The lowest BCUT2D eigenvalue weighted by Crippen LogP contribution is -2.16. The van der Waals surface area contributed by atoms with Crippen LogP contribution in [0.1, 0.15) is 26.7 Å². The second-order valence-electron chi connectivity index (χ2n) is 3.69. The molecule has 0 radical (unpaired) electrons. The molecule has 17 heavy (non-hydrogen) atoms. The highest BCUT2D eigenvalue weighted by atomic mass is 16.4. The van der Waals surface area contributed by atoms with Crippen LogP contribution in [-0.2, 0) is 9.59 Å². The van der Waals surface area contributed by atoms with E-state index in [0.29, 0.717) is 19.4 Å². The lowest BCUT2D eigenvalue weighted by Gasteiger charge is -2.06. The van der Waals surface area contributed by atoms with Crippen LogP contribution in [0.4, 0.5) is 0 Å². The number of nitrogens with one attached hydrogen (secondary N) is 2. The van der Waals surface area contributed by atoms with Gasteiger partial charge in [0.15, 0.2) is 0 Å². The van der Waals surface area contributed by atoms with E-state index >= 15 is 0 Å². The summed E-state index contributed by atoms with van der Waals surface area (Å²) in [6.07, 6.45) is 2.41. The quantitative estimate of drug-likeness (QED) is 0.344. The van der Waals surface area contributed by atoms with E-state index in [-0.39, 0.29) is 5.91 Å². The van der Waals surface area contributed by atoms with E-state index in [0.717, 1.165) is 11.3 Å². The summed E-state index contributed by atoms with van der Waals surface area (Å²) in [5.74, 6) is -1.17. The summed E-state index contributed by atoms with van der Waals surface area (Å²) >= 11 is 0. The summed E-state index contributed by atoms with van der Waals surface area (Å²) in [7, 11) is 1.76. The fourth-order valence-electron chi connectivity index (χ4n) is 1.18. The molecule has 0 aliphatic heterocycles. The molecule has 0 heterocycles. The summed E-state index contributed by atoms with van der Waals surface area (Å²) < 4.78 is 0. The summed E-state index contributed by atoms with van der Waals surface area (Å²) in [5.41, 5.74) is 3.89. The van der Waals surface area contributed by atoms with E-state index in [1.165, 1.54) is 13.0 Å². The van der Waals surface area contributed by atoms with Crippen molar-refractivity contribution in [3.63, 3.8) is 0 Å². The molecule has 0 saturated heterocycles. The van der Waals surface area contributed by atoms with Gasteiger partial charge in [0.25, 0.3) is 0 Å². The Balaban J connectivity index is 4.25. The number of likely N-dealkylation sites (N-methyl/N-ethyl adjacent to an activating group) is 1. The highest BCUT2D eigenvalue weighted by molar-refractivity contribution is 5.84. The Morgan fingerprint density at radius 3 is 2.41 bits per heavy atom. The summed E-state index contributed by atoms with van der Waals surface area (Å²) in [6, 6.07) is 0. The molecule has 0 unspecified atom stereocenters. The lowest BCUT2D eigenvalue weighted by atomic mass is 10.1. The smallest absolute Gasteiger partial charge is 0.328 e. The summed E-state index contributed by atoms with van der Waals surface area (Å²) in [6.45, 7) is 3.70. The highest BCUT2D eigenvalue weighted by Gasteiger charge is 2.01. The third kappa shape index (κ3) is 9.25. The first-order chi connectivity index (χ1) is 7.95. The van der Waals surface area contributed by atoms with Gasteiger partial charge in [-0.05, 0) is 32.4 Å². The van der Waals surface area contributed by atoms with Crippen LogP contribution >= 0.6 is 0 Å². The lowest BCUT2D eigenvalue weighted by molar-refractivity contribution is -0.131. The van der Waals surface area contributed by atoms with Crippen LogP contribution in [0.15, 0.2) is 16.8 Å². The predicted octanol–water partition coefficient (Wildman–Crippen LogP) is 0.509. The van der Waals surface area contributed by atoms with Crippen molar-refractivity contribution in [2.75, 3.05) is 13.6 Å². The maximum atomic E-state index is 10.6. The van der Waals surface area contributed by atoms with Gasteiger partial charge in [0.2, 0.25) is 5.91 Å². The van der Waals surface area contributed by atoms with Crippen LogP contribution in [0, 0.1) is 0 Å². The second-order valence-corrected chi connectivity index (χ2v) is 3.69. The van der Waals surface area contributed by atoms with E-state index in [9.17, 15) is 9.59 Å². The molecular weight excluding hydrogens is 222 g/mol. The van der Waals surface area contributed by atoms with Gasteiger partial charge in [0.1, 0.15) is 0 Å². The van der Waals surface area contributed by atoms with Crippen LogP contribution in [0.2, 0.25) is 0 Å². The zero-order chi connectivity index (χ0) is 13.3. The molecular formula is C11H19N3O3. The van der Waals surface area contributed by atoms with E-state index in [4.69, 9.17) is 5.11 Å². The van der Waals surface area contributed by atoms with Crippen molar-refractivity contribution in [1.29, 1.82) is 0 Å². The minimum Gasteiger partial charge on any atom is -0.478 e. The van der Waals surface area contributed by atoms with E-state index in [2.05, 4.69) is 15.8 Å². The first kappa shape index (κ1) is 15.3. The van der Waals surface area contributed by atoms with Crippen molar-refractivity contribution in [2.45, 2.75) is 26.7 Å². The number of carbonyl (C=O) groups is 2. The molecule has 3 N–H and O–H groups in total. The third-order valence-electron chi connectivity index (χ3n) is 1.94. The van der Waals surface area contributed by atoms with E-state index in [1.807, 2.05) is 0 Å². The molecule has 0 aromatic carbocycles. The first-order valence-corrected chi connectivity index (χ1v) is 5.32. The molecule has 0 aliphatic rings. The van der Waals surface area contributed by atoms with Crippen LogP contribution in [0.5, 0.6) is 0 Å². The van der Waals surface area contributed by atoms with Crippen LogP contribution in [-0.4, -0.2) is 36.3 Å². The monoisotopic (exact) mass is 241 g/mol. The molecule has 0 spiro atoms. The van der Waals surface area contributed by atoms with Crippen molar-refractivity contribution >= 4 is 17.6 Å². The summed E-state index contributed by atoms with van der Waals surface area (Å²) in [4.78, 5) is 21.2. The molecule has 0 atom stereocenters. The zero-order valence-corrected chi connectivity index (χ0v) is 10.4. The number of rotatable bonds is 7. The molecule has 6 nitrogen and oxygen atoms in total. The maximum absolute atomic E-state index is 10.6. The normalized spacial score (nSPS) is 12.4. The first-order valence-electron chi connectivity index (χ1n) is 5.32. The SMILES string of the molecule is CNCC(=CC(=O)O)CCC(C)=NNC(C)=O. The van der Waals surface area contributed by atoms with Crippen LogP contribution < -0.4 is 10.7 Å². The molecule has 6 heteroatoms. The zero-order valence-electron chi connectivity index (χ0n) is 10.4. The van der Waals surface area contributed by atoms with Gasteiger partial charge in [0.05, 0.1) is 0 Å². The molecule has 0 aromatic rings. The second kappa shape index (κ2) is 8.46. The van der Waals surface area contributed by atoms with Gasteiger partial charge in [-0.2, -0.15) is 5.10 Å². The Morgan fingerprint density at radius 2 is 1.94 bits per heavy atom. The average Bonchev–Trinajstić information content (AvgIpc) is 2.22. The standard InChI is InChI=1S/C11H19N3O3/c1-8(13-14-9(2)15)4-5-10(7-12-3)6-11(16)17/h6,12H,4-5,7H2,1-3H3,(H,14,15)(H,16,17). The Kier molecular flexibility index (Phi) is 7.62. The number of amides is 1. The van der Waals surface area contributed by atoms with E-state index in [1.54, 1.807) is 14.0 Å². The van der Waals surface area contributed by atoms with Gasteiger partial charge < -0.3 is 10.4 Å². The van der Waals surface area contributed by atoms with Crippen molar-refractivity contribution in [2.24, 2.45) is 5.10 Å². The van der Waals surface area contributed by atoms with Crippen molar-refractivity contribution < 1.29 is 14.7 Å². The average molecular weight is 241 g/mol. The molecule has 96 valence electrons. The Hall–Kier alpha value is -1.69. The van der Waals surface area contributed by atoms with Crippen LogP contribution in [0.25, 0.3) is 0 Å². The van der Waals surface area contributed by atoms with Crippen molar-refractivity contribution in [1.82, 2.24) is 10.7 Å². The molecule has 0 rings (SSSR count). The number of carboxylic acid groups (broad SMARTS) is 1. The number of nitrogens with zero attached hydrogens (tertiary/aromatic N) is 1. The number of hydrogen-bond donors (Lipinski definition) is 3. The predicted molar refractivity (Wildman–Crippen MR) is 65.8 cm³/mol. The minimum atomic E-state index is -0.952. The Labute approximate surface area is 101 Å². The molecule has 0 fully saturated rings. The third-order valence-corrected chi connectivity index (χ3v) is 1.94.